The summed E-state index contributed by atoms with van der Waals surface area (Å²) in [5.74, 6) is -0.932. The molecule has 0 fully saturated rings. The number of carbonyl (C=O) groups is 2. The van der Waals surface area contributed by atoms with Gasteiger partial charge in [0.25, 0.3) is 5.91 Å². The summed E-state index contributed by atoms with van der Waals surface area (Å²) in [5, 5.41) is 11.2. The lowest BCUT2D eigenvalue weighted by Gasteiger charge is -2.12. The number of fused-ring (bicyclic) bond motifs is 1. The van der Waals surface area contributed by atoms with Crippen molar-refractivity contribution in [3.63, 3.8) is 0 Å². The topological polar surface area (TPSA) is 111 Å². The van der Waals surface area contributed by atoms with Crippen LogP contribution in [0.1, 0.15) is 64.4 Å². The summed E-state index contributed by atoms with van der Waals surface area (Å²) in [4.78, 5) is 25.6. The molecule has 2 heterocycles. The van der Waals surface area contributed by atoms with E-state index in [0.717, 1.165) is 37.7 Å². The zero-order valence-corrected chi connectivity index (χ0v) is 18.2. The molecule has 1 aliphatic carbocycles. The summed E-state index contributed by atoms with van der Waals surface area (Å²) in [5.41, 5.74) is 7.79. The van der Waals surface area contributed by atoms with Crippen LogP contribution in [0.4, 0.5) is 10.7 Å². The van der Waals surface area contributed by atoms with Gasteiger partial charge in [0, 0.05) is 11.4 Å². The number of hydrogen-bond donors (Lipinski definition) is 3. The first kappa shape index (κ1) is 21.3. The van der Waals surface area contributed by atoms with Crippen LogP contribution in [0.2, 0.25) is 0 Å². The maximum Gasteiger partial charge on any atom is 0.341 e. The summed E-state index contributed by atoms with van der Waals surface area (Å²) in [6, 6.07) is 0. The summed E-state index contributed by atoms with van der Waals surface area (Å²) in [6.07, 6.45) is 6.63. The molecule has 1 amide bonds. The number of hydrogen-bond acceptors (Lipinski definition) is 6. The van der Waals surface area contributed by atoms with Crippen LogP contribution in [0.15, 0.2) is 6.20 Å². The minimum atomic E-state index is -0.593. The number of primary amides is 1. The van der Waals surface area contributed by atoms with Gasteiger partial charge in [0.15, 0.2) is 5.11 Å². The Kier molecular flexibility index (Phi) is 6.86. The van der Waals surface area contributed by atoms with Gasteiger partial charge >= 0.3 is 5.97 Å². The molecule has 156 valence electrons. The maximum absolute atomic E-state index is 12.6. The molecule has 2 aromatic rings. The first-order chi connectivity index (χ1) is 14.0. The van der Waals surface area contributed by atoms with Gasteiger partial charge in [0.1, 0.15) is 10.7 Å². The molecular formula is C19H25N5O3S2. The number of rotatable bonds is 6. The number of carbonyl (C=O) groups excluding carboxylic acids is 2. The highest BCUT2D eigenvalue weighted by molar-refractivity contribution is 7.80. The van der Waals surface area contributed by atoms with Crippen molar-refractivity contribution in [3.05, 3.63) is 27.9 Å². The van der Waals surface area contributed by atoms with E-state index in [0.29, 0.717) is 29.4 Å². The van der Waals surface area contributed by atoms with Gasteiger partial charge in [0.05, 0.1) is 24.1 Å². The molecule has 0 saturated heterocycles. The van der Waals surface area contributed by atoms with Crippen LogP contribution in [-0.2, 0) is 24.1 Å². The van der Waals surface area contributed by atoms with Gasteiger partial charge in [-0.05, 0) is 57.3 Å². The second-order valence-electron chi connectivity index (χ2n) is 6.66. The highest BCUT2D eigenvalue weighted by atomic mass is 32.1. The number of ether oxygens (including phenoxy) is 1. The molecule has 0 unspecified atom stereocenters. The Morgan fingerprint density at radius 1 is 1.28 bits per heavy atom. The average Bonchev–Trinajstić information content (AvgIpc) is 3.15. The minimum absolute atomic E-state index is 0.254. The number of amides is 1. The average molecular weight is 436 g/mol. The monoisotopic (exact) mass is 435 g/mol. The fourth-order valence-corrected chi connectivity index (χ4v) is 5.04. The Bertz CT molecular complexity index is 935. The molecule has 0 spiro atoms. The summed E-state index contributed by atoms with van der Waals surface area (Å²) in [7, 11) is 0. The Morgan fingerprint density at radius 2 is 2.03 bits per heavy atom. The molecule has 29 heavy (non-hydrogen) atoms. The van der Waals surface area contributed by atoms with Crippen molar-refractivity contribution in [1.82, 2.24) is 9.78 Å². The van der Waals surface area contributed by atoms with Gasteiger partial charge in [-0.1, -0.05) is 6.42 Å². The molecule has 3 rings (SSSR count). The number of nitrogens with two attached hydrogens (primary N) is 1. The predicted molar refractivity (Wildman–Crippen MR) is 118 cm³/mol. The van der Waals surface area contributed by atoms with Crippen LogP contribution in [0.25, 0.3) is 0 Å². The van der Waals surface area contributed by atoms with E-state index in [1.807, 2.05) is 6.92 Å². The molecular weight excluding hydrogens is 410 g/mol. The number of esters is 1. The van der Waals surface area contributed by atoms with Crippen molar-refractivity contribution in [1.29, 1.82) is 0 Å². The Labute approximate surface area is 178 Å². The Morgan fingerprint density at radius 3 is 2.72 bits per heavy atom. The molecule has 0 bridgehead atoms. The largest absolute Gasteiger partial charge is 0.462 e. The first-order valence-electron chi connectivity index (χ1n) is 9.71. The first-order valence-corrected chi connectivity index (χ1v) is 10.9. The molecule has 0 atom stereocenters. The molecule has 10 heteroatoms. The molecule has 8 nitrogen and oxygen atoms in total. The van der Waals surface area contributed by atoms with E-state index in [2.05, 4.69) is 15.7 Å². The zero-order chi connectivity index (χ0) is 21.0. The van der Waals surface area contributed by atoms with E-state index in [4.69, 9.17) is 22.7 Å². The summed E-state index contributed by atoms with van der Waals surface area (Å²) < 4.78 is 6.80. The minimum Gasteiger partial charge on any atom is -0.462 e. The molecule has 0 aliphatic heterocycles. The van der Waals surface area contributed by atoms with E-state index in [1.165, 1.54) is 27.1 Å². The van der Waals surface area contributed by atoms with E-state index < -0.39 is 5.91 Å². The van der Waals surface area contributed by atoms with E-state index in [9.17, 15) is 9.59 Å². The quantitative estimate of drug-likeness (QED) is 0.362. The maximum atomic E-state index is 12.6. The predicted octanol–water partition coefficient (Wildman–Crippen LogP) is 3.32. The van der Waals surface area contributed by atoms with E-state index in [1.54, 1.807) is 6.92 Å². The number of nitrogens with one attached hydrogen (secondary N) is 2. The SMILES string of the molecule is CCOC(=O)c1c(NC(=S)Nc2cnn(CC)c2C(N)=O)sc2c1CCCCC2. The second-order valence-corrected chi connectivity index (χ2v) is 8.17. The van der Waals surface area contributed by atoms with Crippen LogP contribution in [0.5, 0.6) is 0 Å². The number of thiophene rings is 1. The van der Waals surface area contributed by atoms with Crippen LogP contribution < -0.4 is 16.4 Å². The van der Waals surface area contributed by atoms with Crippen LogP contribution in [-0.4, -0.2) is 33.4 Å². The number of anilines is 2. The van der Waals surface area contributed by atoms with Crippen LogP contribution in [0.3, 0.4) is 0 Å². The van der Waals surface area contributed by atoms with Crippen molar-refractivity contribution in [2.24, 2.45) is 5.73 Å². The van der Waals surface area contributed by atoms with Crippen molar-refractivity contribution in [3.8, 4) is 0 Å². The second kappa shape index (κ2) is 9.36. The van der Waals surface area contributed by atoms with Gasteiger partial charge in [0.2, 0.25) is 0 Å². The van der Waals surface area contributed by atoms with Crippen molar-refractivity contribution in [2.75, 3.05) is 17.2 Å². The molecule has 0 radical (unpaired) electrons. The third-order valence-corrected chi connectivity index (χ3v) is 6.16. The number of thiocarbonyl (C=S) groups is 1. The number of aromatic nitrogens is 2. The van der Waals surface area contributed by atoms with Crippen molar-refractivity contribution in [2.45, 2.75) is 52.5 Å². The lowest BCUT2D eigenvalue weighted by molar-refractivity contribution is 0.0526. The van der Waals surface area contributed by atoms with Crippen LogP contribution in [0, 0.1) is 0 Å². The summed E-state index contributed by atoms with van der Waals surface area (Å²) in [6.45, 7) is 4.47. The fourth-order valence-electron chi connectivity index (χ4n) is 3.48. The normalized spacial score (nSPS) is 13.3. The summed E-state index contributed by atoms with van der Waals surface area (Å²) >= 11 is 6.97. The van der Waals surface area contributed by atoms with Gasteiger partial charge < -0.3 is 21.1 Å². The zero-order valence-electron chi connectivity index (χ0n) is 16.5. The van der Waals surface area contributed by atoms with Gasteiger partial charge in [-0.2, -0.15) is 5.10 Å². The molecule has 1 aliphatic rings. The Hall–Kier alpha value is -2.46. The molecule has 0 saturated carbocycles. The highest BCUT2D eigenvalue weighted by Crippen LogP contribution is 2.38. The third-order valence-electron chi connectivity index (χ3n) is 4.75. The number of nitrogens with zero attached hydrogens (tertiary/aromatic N) is 2. The smallest absolute Gasteiger partial charge is 0.341 e. The van der Waals surface area contributed by atoms with Gasteiger partial charge in [-0.3, -0.25) is 9.48 Å². The fraction of sp³-hybridized carbons (Fsp3) is 0.474. The standard InChI is InChI=1S/C19H25N5O3S2/c1-3-24-15(16(20)25)12(10-21-24)22-19(28)23-17-14(18(26)27-4-2)11-8-6-5-7-9-13(11)29-17/h10H,3-9H2,1-2H3,(H2,20,25)(H2,22,23,28). The molecule has 4 N–H and O–H groups in total. The van der Waals surface area contributed by atoms with E-state index in [-0.39, 0.29) is 16.8 Å². The van der Waals surface area contributed by atoms with E-state index >= 15 is 0 Å². The lowest BCUT2D eigenvalue weighted by Crippen LogP contribution is -2.24. The number of aryl methyl sites for hydroxylation is 2. The van der Waals surface area contributed by atoms with Crippen molar-refractivity contribution < 1.29 is 14.3 Å². The highest BCUT2D eigenvalue weighted by Gasteiger charge is 2.26. The third kappa shape index (κ3) is 4.59. The van der Waals surface area contributed by atoms with Crippen molar-refractivity contribution >= 4 is 51.2 Å². The molecule has 0 aromatic carbocycles. The van der Waals surface area contributed by atoms with Gasteiger partial charge in [-0.25, -0.2) is 4.79 Å². The molecule has 2 aromatic heterocycles. The van der Waals surface area contributed by atoms with Crippen LogP contribution >= 0.6 is 23.6 Å². The lowest BCUT2D eigenvalue weighted by atomic mass is 10.1. The Balaban J connectivity index is 1.86. The van der Waals surface area contributed by atoms with Gasteiger partial charge in [-0.15, -0.1) is 11.3 Å².